The summed E-state index contributed by atoms with van der Waals surface area (Å²) in [6, 6.07) is 9.23. The molecule has 9 heteroatoms. The van der Waals surface area contributed by atoms with Gasteiger partial charge in [-0.15, -0.1) is 11.3 Å². The summed E-state index contributed by atoms with van der Waals surface area (Å²) in [6.07, 6.45) is 5.82. The first-order chi connectivity index (χ1) is 19.1. The van der Waals surface area contributed by atoms with E-state index < -0.39 is 0 Å². The highest BCUT2D eigenvalue weighted by Crippen LogP contribution is 2.44. The van der Waals surface area contributed by atoms with E-state index in [0.717, 1.165) is 36.8 Å². The van der Waals surface area contributed by atoms with E-state index in [1.807, 2.05) is 18.2 Å². The number of hydrogen-bond acceptors (Lipinski definition) is 7. The molecule has 1 unspecified atom stereocenters. The molecule has 2 aromatic carbocycles. The molecule has 216 valence electrons. The lowest BCUT2D eigenvalue weighted by Gasteiger charge is -2.25. The van der Waals surface area contributed by atoms with Gasteiger partial charge in [0.1, 0.15) is 0 Å². The van der Waals surface area contributed by atoms with Crippen molar-refractivity contribution in [3.8, 4) is 17.2 Å². The van der Waals surface area contributed by atoms with Crippen molar-refractivity contribution in [2.75, 3.05) is 32.0 Å². The minimum atomic E-state index is -0.279. The van der Waals surface area contributed by atoms with Crippen molar-refractivity contribution in [2.45, 2.75) is 71.1 Å². The zero-order valence-corrected chi connectivity index (χ0v) is 25.4. The van der Waals surface area contributed by atoms with Crippen LogP contribution in [0.1, 0.15) is 87.2 Å². The first-order valence-corrected chi connectivity index (χ1v) is 14.4. The Kier molecular flexibility index (Phi) is 11.0. The number of nitrogens with zero attached hydrogens (tertiary/aromatic N) is 1. The molecule has 0 spiro atoms. The van der Waals surface area contributed by atoms with Crippen molar-refractivity contribution in [2.24, 2.45) is 0 Å². The maximum atomic E-state index is 13.6. The number of anilines is 2. The van der Waals surface area contributed by atoms with Crippen LogP contribution < -0.4 is 24.8 Å². The third kappa shape index (κ3) is 7.75. The third-order valence-electron chi connectivity index (χ3n) is 6.78. The number of unbranched alkanes of at least 4 members (excludes halogenated alkanes) is 2. The highest BCUT2D eigenvalue weighted by molar-refractivity contribution is 7.13. The SMILES string of the molecule is CCCCCC(CC(=O)Nc1cc(C(=O)Nc2nccs2)ccc1C(C)(C)C)c1ccc(OC)c(OC)c1OC. The van der Waals surface area contributed by atoms with Crippen LogP contribution in [0.2, 0.25) is 0 Å². The number of nitrogens with one attached hydrogen (secondary N) is 2. The molecule has 1 aromatic heterocycles. The number of methoxy groups -OCH3 is 3. The zero-order chi connectivity index (χ0) is 29.3. The molecule has 0 bridgehead atoms. The largest absolute Gasteiger partial charge is 0.493 e. The van der Waals surface area contributed by atoms with Gasteiger partial charge in [0.05, 0.1) is 21.3 Å². The highest BCUT2D eigenvalue weighted by atomic mass is 32.1. The summed E-state index contributed by atoms with van der Waals surface area (Å²) < 4.78 is 16.8. The second-order valence-electron chi connectivity index (χ2n) is 10.7. The molecule has 0 saturated heterocycles. The molecule has 0 aliphatic carbocycles. The van der Waals surface area contributed by atoms with Crippen LogP contribution in [0.5, 0.6) is 17.2 Å². The predicted molar refractivity (Wildman–Crippen MR) is 161 cm³/mol. The quantitative estimate of drug-likeness (QED) is 0.209. The van der Waals surface area contributed by atoms with Crippen LogP contribution in [0.4, 0.5) is 10.8 Å². The van der Waals surface area contributed by atoms with E-state index in [9.17, 15) is 9.59 Å². The van der Waals surface area contributed by atoms with E-state index in [4.69, 9.17) is 14.2 Å². The summed E-state index contributed by atoms with van der Waals surface area (Å²) in [6.45, 7) is 8.39. The fourth-order valence-corrected chi connectivity index (χ4v) is 5.30. The maximum Gasteiger partial charge on any atom is 0.257 e. The lowest BCUT2D eigenvalue weighted by atomic mass is 9.84. The van der Waals surface area contributed by atoms with Gasteiger partial charge in [-0.2, -0.15) is 0 Å². The summed E-state index contributed by atoms with van der Waals surface area (Å²) in [5.41, 5.74) is 2.66. The maximum absolute atomic E-state index is 13.6. The van der Waals surface area contributed by atoms with Gasteiger partial charge in [0.2, 0.25) is 11.7 Å². The topological polar surface area (TPSA) is 98.8 Å². The Morgan fingerprint density at radius 3 is 2.33 bits per heavy atom. The van der Waals surface area contributed by atoms with Gasteiger partial charge in [0, 0.05) is 34.8 Å². The van der Waals surface area contributed by atoms with Crippen molar-refractivity contribution >= 4 is 34.0 Å². The Labute approximate surface area is 241 Å². The van der Waals surface area contributed by atoms with Crippen LogP contribution in [0.3, 0.4) is 0 Å². The van der Waals surface area contributed by atoms with Gasteiger partial charge < -0.3 is 19.5 Å². The summed E-state index contributed by atoms with van der Waals surface area (Å²) in [5, 5.41) is 8.26. The van der Waals surface area contributed by atoms with Gasteiger partial charge in [0.15, 0.2) is 16.6 Å². The Bertz CT molecular complexity index is 1280. The molecule has 40 heavy (non-hydrogen) atoms. The lowest BCUT2D eigenvalue weighted by Crippen LogP contribution is -2.22. The normalized spacial score (nSPS) is 12.0. The van der Waals surface area contributed by atoms with Crippen LogP contribution >= 0.6 is 11.3 Å². The first-order valence-electron chi connectivity index (χ1n) is 13.6. The molecular formula is C31H41N3O5S. The van der Waals surface area contributed by atoms with Gasteiger partial charge >= 0.3 is 0 Å². The average molecular weight is 568 g/mol. The molecule has 0 saturated carbocycles. The summed E-state index contributed by atoms with van der Waals surface area (Å²) >= 11 is 1.35. The smallest absolute Gasteiger partial charge is 0.257 e. The molecule has 3 aromatic rings. The molecule has 3 rings (SSSR count). The number of rotatable bonds is 13. The van der Waals surface area contributed by atoms with E-state index in [0.29, 0.717) is 33.6 Å². The van der Waals surface area contributed by atoms with Crippen LogP contribution in [0.25, 0.3) is 0 Å². The lowest BCUT2D eigenvalue weighted by molar-refractivity contribution is -0.116. The van der Waals surface area contributed by atoms with E-state index in [-0.39, 0.29) is 29.6 Å². The Hall–Kier alpha value is -3.59. The van der Waals surface area contributed by atoms with Gasteiger partial charge in [-0.3, -0.25) is 14.9 Å². The number of amides is 2. The average Bonchev–Trinajstić information content (AvgIpc) is 3.44. The molecule has 0 radical (unpaired) electrons. The monoisotopic (exact) mass is 567 g/mol. The Balaban J connectivity index is 1.92. The van der Waals surface area contributed by atoms with E-state index in [1.165, 1.54) is 11.3 Å². The van der Waals surface area contributed by atoms with Crippen molar-refractivity contribution in [3.05, 3.63) is 58.6 Å². The van der Waals surface area contributed by atoms with Gasteiger partial charge in [0.25, 0.3) is 5.91 Å². The standard InChI is InChI=1S/C31H41N3O5S/c1-8-9-10-11-20(22-13-15-25(37-5)28(39-7)27(22)38-6)19-26(35)33-24-18-21(12-14-23(24)31(2,3)4)29(36)34-30-32-16-17-40-30/h12-18,20H,8-11,19H2,1-7H3,(H,33,35)(H,32,34,36). The summed E-state index contributed by atoms with van der Waals surface area (Å²) in [7, 11) is 4.76. The number of benzene rings is 2. The zero-order valence-electron chi connectivity index (χ0n) is 24.6. The minimum Gasteiger partial charge on any atom is -0.493 e. The Morgan fingerprint density at radius 2 is 1.73 bits per heavy atom. The van der Waals surface area contributed by atoms with Crippen LogP contribution in [-0.4, -0.2) is 38.1 Å². The van der Waals surface area contributed by atoms with Gasteiger partial charge in [-0.05, 0) is 41.5 Å². The molecule has 0 aliphatic rings. The number of ether oxygens (including phenoxy) is 3. The molecule has 1 heterocycles. The van der Waals surface area contributed by atoms with Crippen LogP contribution in [0, 0.1) is 0 Å². The number of thiazole rings is 1. The first kappa shape index (κ1) is 30.9. The second kappa shape index (κ2) is 14.2. The highest BCUT2D eigenvalue weighted by Gasteiger charge is 2.26. The second-order valence-corrected chi connectivity index (χ2v) is 11.6. The summed E-state index contributed by atoms with van der Waals surface area (Å²) in [4.78, 5) is 30.6. The number of carbonyl (C=O) groups excluding carboxylic acids is 2. The third-order valence-corrected chi connectivity index (χ3v) is 7.47. The predicted octanol–water partition coefficient (Wildman–Crippen LogP) is 7.41. The van der Waals surface area contributed by atoms with Gasteiger partial charge in [-0.1, -0.05) is 59.1 Å². The number of carbonyl (C=O) groups is 2. The molecular weight excluding hydrogens is 526 g/mol. The van der Waals surface area contributed by atoms with Crippen LogP contribution in [-0.2, 0) is 10.2 Å². The number of hydrogen-bond donors (Lipinski definition) is 2. The van der Waals surface area contributed by atoms with Crippen molar-refractivity contribution in [3.63, 3.8) is 0 Å². The number of aromatic nitrogens is 1. The fraction of sp³-hybridized carbons (Fsp3) is 0.452. The van der Waals surface area contributed by atoms with Gasteiger partial charge in [-0.25, -0.2) is 4.98 Å². The fourth-order valence-electron chi connectivity index (χ4n) is 4.78. The molecule has 1 atom stereocenters. The molecule has 0 fully saturated rings. The molecule has 2 N–H and O–H groups in total. The molecule has 0 aliphatic heterocycles. The van der Waals surface area contributed by atoms with E-state index in [2.05, 4.69) is 43.3 Å². The molecule has 2 amide bonds. The molecule has 8 nitrogen and oxygen atoms in total. The van der Waals surface area contributed by atoms with Crippen molar-refractivity contribution in [1.82, 2.24) is 4.98 Å². The summed E-state index contributed by atoms with van der Waals surface area (Å²) in [5.74, 6) is 1.14. The Morgan fingerprint density at radius 1 is 0.975 bits per heavy atom. The van der Waals surface area contributed by atoms with Crippen molar-refractivity contribution < 1.29 is 23.8 Å². The van der Waals surface area contributed by atoms with E-state index >= 15 is 0 Å². The van der Waals surface area contributed by atoms with Crippen LogP contribution in [0.15, 0.2) is 41.9 Å². The van der Waals surface area contributed by atoms with E-state index in [1.54, 1.807) is 45.0 Å². The minimum absolute atomic E-state index is 0.101. The van der Waals surface area contributed by atoms with Crippen molar-refractivity contribution in [1.29, 1.82) is 0 Å².